The highest BCUT2D eigenvalue weighted by atomic mass is 16.7. The Labute approximate surface area is 533 Å². The number of nitrogens with zero attached hydrogens (tertiary/aromatic N) is 1. The van der Waals surface area contributed by atoms with E-state index in [0.29, 0.717) is 17.4 Å². The van der Waals surface area contributed by atoms with E-state index in [9.17, 15) is 19.5 Å². The molecule has 0 saturated heterocycles. The molecule has 2 atom stereocenters. The number of carboxylic acids is 1. The van der Waals surface area contributed by atoms with E-state index in [1.165, 1.54) is 64.2 Å². The van der Waals surface area contributed by atoms with Gasteiger partial charge in [0, 0.05) is 12.8 Å². The van der Waals surface area contributed by atoms with Crippen molar-refractivity contribution in [2.24, 2.45) is 0 Å². The molecule has 0 aromatic rings. The van der Waals surface area contributed by atoms with Crippen molar-refractivity contribution >= 4 is 17.9 Å². The number of allylic oxidation sites excluding steroid dienone is 28. The van der Waals surface area contributed by atoms with Crippen LogP contribution in [0.15, 0.2) is 170 Å². The van der Waals surface area contributed by atoms with Crippen LogP contribution >= 0.6 is 0 Å². The summed E-state index contributed by atoms with van der Waals surface area (Å²) in [5, 5.41) is 11.8. The summed E-state index contributed by atoms with van der Waals surface area (Å²) in [6, 6.07) is 0. The zero-order valence-corrected chi connectivity index (χ0v) is 55.8. The SMILES string of the molecule is CC/C=C\C/C=C\C/C=C\C/C=C\C/C=C\C/C=C\C/C=C\C/C=C\C/C=C\CCCCCCCCCC(=O)OC(COC(=O)CCCCCCCCCCCCC/C=C\C/C=C\C/C=C\C/C=C\C/C=C\CC)COC(OCC[N+](C)(C)C)C(=O)[O-]. The molecule has 0 N–H and O–H groups in total. The van der Waals surface area contributed by atoms with Crippen molar-refractivity contribution in [1.82, 2.24) is 0 Å². The van der Waals surface area contributed by atoms with E-state index < -0.39 is 24.3 Å². The molecule has 0 fully saturated rings. The third-order valence-electron chi connectivity index (χ3n) is 14.0. The van der Waals surface area contributed by atoms with Gasteiger partial charge >= 0.3 is 11.9 Å². The van der Waals surface area contributed by atoms with Crippen molar-refractivity contribution < 1.29 is 42.9 Å². The van der Waals surface area contributed by atoms with Gasteiger partial charge in [-0.1, -0.05) is 274 Å². The largest absolute Gasteiger partial charge is 0.545 e. The molecule has 0 amide bonds. The van der Waals surface area contributed by atoms with Gasteiger partial charge in [-0.2, -0.15) is 0 Å². The molecule has 9 nitrogen and oxygen atoms in total. The Hall–Kier alpha value is -5.35. The lowest BCUT2D eigenvalue weighted by Gasteiger charge is -2.26. The minimum atomic E-state index is -1.64. The van der Waals surface area contributed by atoms with E-state index >= 15 is 0 Å². The second-order valence-electron chi connectivity index (χ2n) is 23.3. The van der Waals surface area contributed by atoms with Crippen molar-refractivity contribution in [2.45, 2.75) is 257 Å². The number of rotatable bonds is 61. The van der Waals surface area contributed by atoms with Crippen molar-refractivity contribution in [3.63, 3.8) is 0 Å². The Morgan fingerprint density at radius 3 is 0.920 bits per heavy atom. The highest BCUT2D eigenvalue weighted by Crippen LogP contribution is 2.15. The summed E-state index contributed by atoms with van der Waals surface area (Å²) in [7, 11) is 5.91. The Kier molecular flexibility index (Phi) is 62.5. The molecular weight excluding hydrogens is 1080 g/mol. The van der Waals surface area contributed by atoms with Crippen LogP contribution < -0.4 is 5.11 Å². The van der Waals surface area contributed by atoms with Crippen LogP contribution in [0.5, 0.6) is 0 Å². The van der Waals surface area contributed by atoms with Crippen molar-refractivity contribution in [2.75, 3.05) is 47.5 Å². The van der Waals surface area contributed by atoms with E-state index in [4.69, 9.17) is 18.9 Å². The normalized spacial score (nSPS) is 13.8. The highest BCUT2D eigenvalue weighted by molar-refractivity contribution is 5.70. The molecule has 9 heteroatoms. The van der Waals surface area contributed by atoms with E-state index in [2.05, 4.69) is 184 Å². The van der Waals surface area contributed by atoms with Crippen LogP contribution in [-0.4, -0.2) is 82.3 Å². The molecule has 0 aliphatic rings. The first-order valence-corrected chi connectivity index (χ1v) is 34.3. The summed E-state index contributed by atoms with van der Waals surface area (Å²) in [5.74, 6) is -2.32. The molecule has 0 bridgehead atoms. The van der Waals surface area contributed by atoms with Crippen molar-refractivity contribution in [3.8, 4) is 0 Å². The molecule has 2 unspecified atom stereocenters. The number of likely N-dealkylation sites (N-methyl/N-ethyl adjacent to an activating group) is 1. The predicted molar refractivity (Wildman–Crippen MR) is 370 cm³/mol. The van der Waals surface area contributed by atoms with Crippen LogP contribution in [0.4, 0.5) is 0 Å². The van der Waals surface area contributed by atoms with Crippen LogP contribution in [0, 0.1) is 0 Å². The lowest BCUT2D eigenvalue weighted by atomic mass is 10.0. The fourth-order valence-corrected chi connectivity index (χ4v) is 8.79. The van der Waals surface area contributed by atoms with Gasteiger partial charge in [0.15, 0.2) is 12.4 Å². The molecule has 0 aromatic carbocycles. The average Bonchev–Trinajstić information content (AvgIpc) is 3.56. The molecule has 87 heavy (non-hydrogen) atoms. The van der Waals surface area contributed by atoms with Gasteiger partial charge in [0.2, 0.25) is 0 Å². The first-order chi connectivity index (χ1) is 42.6. The van der Waals surface area contributed by atoms with Crippen LogP contribution in [0.3, 0.4) is 0 Å². The summed E-state index contributed by atoms with van der Waals surface area (Å²) in [6.45, 7) is 4.49. The maximum absolute atomic E-state index is 12.9. The predicted octanol–water partition coefficient (Wildman–Crippen LogP) is 20.1. The minimum absolute atomic E-state index is 0.136. The fraction of sp³-hybridized carbons (Fsp3) is 0.603. The number of carboxylic acid groups (broad SMARTS) is 1. The third-order valence-corrected chi connectivity index (χ3v) is 14.0. The maximum Gasteiger partial charge on any atom is 0.306 e. The highest BCUT2D eigenvalue weighted by Gasteiger charge is 2.22. The fourth-order valence-electron chi connectivity index (χ4n) is 8.79. The van der Waals surface area contributed by atoms with Gasteiger partial charge in [-0.3, -0.25) is 9.59 Å². The molecule has 0 rings (SSSR count). The van der Waals surface area contributed by atoms with Gasteiger partial charge in [-0.05, 0) is 128 Å². The number of quaternary nitrogens is 1. The number of esters is 2. The van der Waals surface area contributed by atoms with Gasteiger partial charge in [-0.15, -0.1) is 0 Å². The van der Waals surface area contributed by atoms with Crippen LogP contribution in [0.25, 0.3) is 0 Å². The first-order valence-electron chi connectivity index (χ1n) is 34.3. The standard InChI is InChI=1S/C78H125NO8/c1-6-8-10-12-14-16-18-20-22-24-26-28-30-32-34-35-36-37-38-39-40-41-43-45-47-49-51-53-55-57-59-61-63-65-67-69-76(81)87-74(73-86-78(77(82)83)84-71-70-79(3,4)5)72-85-75(80)68-66-64-62-60-58-56-54-52-50-48-46-44-42-33-31-29-27-25-23-21-19-17-15-13-11-9-7-2/h8-11,14-17,20-23,26-29,32-34,36-37,39-40,42-43,45,49,51,74,78H,6-7,12-13,18-19,24-25,30-31,35,38,41,44,46-48,50,52-73H2,1-5H3/b10-8-,11-9-,16-14-,17-15-,22-20-,23-21-,28-26-,29-27-,34-32-,37-36-,40-39-,42-33-,45-43-,51-49-. The van der Waals surface area contributed by atoms with E-state index in [1.54, 1.807) is 0 Å². The number of carbonyl (C=O) groups excluding carboxylic acids is 3. The van der Waals surface area contributed by atoms with E-state index in [-0.39, 0.29) is 38.6 Å². The molecule has 0 aliphatic heterocycles. The number of hydrogen-bond donors (Lipinski definition) is 0. The maximum atomic E-state index is 12.9. The molecule has 0 aliphatic carbocycles. The van der Waals surface area contributed by atoms with Gasteiger partial charge < -0.3 is 33.3 Å². The monoisotopic (exact) mass is 1200 g/mol. The summed E-state index contributed by atoms with van der Waals surface area (Å²) in [6.07, 6.45) is 97.0. The molecule has 0 radical (unpaired) electrons. The number of ether oxygens (including phenoxy) is 4. The second kappa shape index (κ2) is 66.6. The van der Waals surface area contributed by atoms with Crippen molar-refractivity contribution in [3.05, 3.63) is 170 Å². The van der Waals surface area contributed by atoms with Crippen LogP contribution in [-0.2, 0) is 33.3 Å². The van der Waals surface area contributed by atoms with Gasteiger partial charge in [-0.25, -0.2) is 0 Å². The number of hydrogen-bond acceptors (Lipinski definition) is 8. The number of aliphatic carboxylic acids is 1. The Morgan fingerprint density at radius 2 is 0.621 bits per heavy atom. The number of unbranched alkanes of at least 4 members (excludes halogenated alkanes) is 18. The van der Waals surface area contributed by atoms with Gasteiger partial charge in [0.05, 0.1) is 40.3 Å². The summed E-state index contributed by atoms with van der Waals surface area (Å²) >= 11 is 0. The first kappa shape index (κ1) is 81.7. The second-order valence-corrected chi connectivity index (χ2v) is 23.3. The summed E-state index contributed by atoms with van der Waals surface area (Å²) in [4.78, 5) is 37.5. The molecule has 0 spiro atoms. The Bertz CT molecular complexity index is 2030. The zero-order valence-electron chi connectivity index (χ0n) is 55.8. The smallest absolute Gasteiger partial charge is 0.306 e. The Morgan fingerprint density at radius 1 is 0.345 bits per heavy atom. The zero-order chi connectivity index (χ0) is 63.3. The molecule has 490 valence electrons. The lowest BCUT2D eigenvalue weighted by molar-refractivity contribution is -0.870. The molecule has 0 heterocycles. The summed E-state index contributed by atoms with van der Waals surface area (Å²) < 4.78 is 22.8. The lowest BCUT2D eigenvalue weighted by Crippen LogP contribution is -2.44. The third kappa shape index (κ3) is 68.0. The quantitative estimate of drug-likeness (QED) is 0.0195. The summed E-state index contributed by atoms with van der Waals surface area (Å²) in [5.41, 5.74) is 0. The molecule has 0 saturated carbocycles. The molecular formula is C78H125NO8. The minimum Gasteiger partial charge on any atom is -0.545 e. The van der Waals surface area contributed by atoms with E-state index in [0.717, 1.165) is 148 Å². The van der Waals surface area contributed by atoms with Gasteiger partial charge in [0.25, 0.3) is 0 Å². The average molecular weight is 1200 g/mol. The Balaban J connectivity index is 4.24. The van der Waals surface area contributed by atoms with Gasteiger partial charge in [0.1, 0.15) is 13.2 Å². The van der Waals surface area contributed by atoms with Crippen LogP contribution in [0.2, 0.25) is 0 Å². The topological polar surface area (TPSA) is 111 Å². The molecule has 0 aromatic heterocycles. The van der Waals surface area contributed by atoms with E-state index in [1.807, 2.05) is 21.1 Å². The van der Waals surface area contributed by atoms with Crippen LogP contribution in [0.1, 0.15) is 245 Å². The van der Waals surface area contributed by atoms with Crippen molar-refractivity contribution in [1.29, 1.82) is 0 Å². The number of carbonyl (C=O) groups is 3.